The number of nitrogens with two attached hydrogens (primary N) is 1. The summed E-state index contributed by atoms with van der Waals surface area (Å²) in [6.45, 7) is 9.75. The first-order valence-corrected chi connectivity index (χ1v) is 6.87. The lowest BCUT2D eigenvalue weighted by Gasteiger charge is -2.24. The maximum atomic E-state index is 6.32. The van der Waals surface area contributed by atoms with E-state index in [1.165, 1.54) is 11.1 Å². The highest BCUT2D eigenvalue weighted by atomic mass is 16.5. The van der Waals surface area contributed by atoms with Gasteiger partial charge in [0.05, 0.1) is 12.1 Å². The first kappa shape index (κ1) is 13.6. The van der Waals surface area contributed by atoms with E-state index in [-0.39, 0.29) is 17.6 Å². The quantitative estimate of drug-likeness (QED) is 0.869. The van der Waals surface area contributed by atoms with Crippen LogP contribution in [0.4, 0.5) is 0 Å². The van der Waals surface area contributed by atoms with Gasteiger partial charge in [0.1, 0.15) is 0 Å². The average Bonchev–Trinajstić information content (AvgIpc) is 2.73. The molecule has 0 bridgehead atoms. The van der Waals surface area contributed by atoms with E-state index >= 15 is 0 Å². The zero-order chi connectivity index (χ0) is 13.3. The minimum absolute atomic E-state index is 0.00322. The summed E-state index contributed by atoms with van der Waals surface area (Å²) in [7, 11) is 0. The van der Waals surface area contributed by atoms with Crippen molar-refractivity contribution < 1.29 is 4.74 Å². The Labute approximate surface area is 111 Å². The van der Waals surface area contributed by atoms with Crippen molar-refractivity contribution >= 4 is 0 Å². The maximum Gasteiger partial charge on any atom is 0.0793 e. The number of rotatable bonds is 2. The molecule has 2 heteroatoms. The fourth-order valence-electron chi connectivity index (χ4n) is 2.57. The third-order valence-electron chi connectivity index (χ3n) is 3.96. The third-order valence-corrected chi connectivity index (χ3v) is 3.96. The number of ether oxygens (including phenoxy) is 1. The van der Waals surface area contributed by atoms with Gasteiger partial charge in [0.25, 0.3) is 0 Å². The van der Waals surface area contributed by atoms with Crippen molar-refractivity contribution in [2.75, 3.05) is 6.61 Å². The van der Waals surface area contributed by atoms with Crippen LogP contribution in [0.2, 0.25) is 0 Å². The van der Waals surface area contributed by atoms with Crippen molar-refractivity contribution in [1.82, 2.24) is 0 Å². The van der Waals surface area contributed by atoms with Crippen LogP contribution in [0.3, 0.4) is 0 Å². The second-order valence-corrected chi connectivity index (χ2v) is 6.50. The molecule has 0 amide bonds. The number of hydrogen-bond acceptors (Lipinski definition) is 2. The van der Waals surface area contributed by atoms with Gasteiger partial charge in [0, 0.05) is 6.61 Å². The summed E-state index contributed by atoms with van der Waals surface area (Å²) in [4.78, 5) is 0. The summed E-state index contributed by atoms with van der Waals surface area (Å²) < 4.78 is 5.75. The van der Waals surface area contributed by atoms with E-state index < -0.39 is 0 Å². The summed E-state index contributed by atoms with van der Waals surface area (Å²) in [5.74, 6) is 0.558. The summed E-state index contributed by atoms with van der Waals surface area (Å²) in [6.07, 6.45) is 1.30. The summed E-state index contributed by atoms with van der Waals surface area (Å²) in [5, 5.41) is 0. The van der Waals surface area contributed by atoms with Crippen molar-refractivity contribution in [3.8, 4) is 0 Å². The SMILES string of the molecule is CC1CCOC1C(N)c1ccc(C(C)(C)C)cc1. The molecule has 100 valence electrons. The smallest absolute Gasteiger partial charge is 0.0793 e. The lowest BCUT2D eigenvalue weighted by atomic mass is 9.85. The van der Waals surface area contributed by atoms with Crippen molar-refractivity contribution in [1.29, 1.82) is 0 Å². The van der Waals surface area contributed by atoms with Gasteiger partial charge in [-0.05, 0) is 28.9 Å². The molecule has 18 heavy (non-hydrogen) atoms. The van der Waals surface area contributed by atoms with E-state index in [0.717, 1.165) is 13.0 Å². The highest BCUT2D eigenvalue weighted by Crippen LogP contribution is 2.31. The summed E-state index contributed by atoms with van der Waals surface area (Å²) in [5.41, 5.74) is 9.05. The molecule has 1 fully saturated rings. The molecule has 0 aromatic heterocycles. The standard InChI is InChI=1S/C16H25NO/c1-11-9-10-18-15(11)14(17)12-5-7-13(8-6-12)16(2,3)4/h5-8,11,14-15H,9-10,17H2,1-4H3. The predicted molar refractivity (Wildman–Crippen MR) is 75.6 cm³/mol. The van der Waals surface area contributed by atoms with Gasteiger partial charge in [-0.3, -0.25) is 0 Å². The summed E-state index contributed by atoms with van der Waals surface area (Å²) in [6, 6.07) is 8.68. The molecule has 1 aliphatic heterocycles. The van der Waals surface area contributed by atoms with E-state index in [2.05, 4.69) is 52.0 Å². The van der Waals surface area contributed by atoms with Crippen LogP contribution in [0.25, 0.3) is 0 Å². The highest BCUT2D eigenvalue weighted by Gasteiger charge is 2.30. The zero-order valence-corrected chi connectivity index (χ0v) is 11.9. The Hall–Kier alpha value is -0.860. The molecule has 0 spiro atoms. The van der Waals surface area contributed by atoms with Crippen LogP contribution in [0, 0.1) is 5.92 Å². The van der Waals surface area contributed by atoms with E-state index in [4.69, 9.17) is 10.5 Å². The van der Waals surface area contributed by atoms with E-state index in [1.54, 1.807) is 0 Å². The van der Waals surface area contributed by atoms with Gasteiger partial charge in [-0.1, -0.05) is 52.0 Å². The average molecular weight is 247 g/mol. The lowest BCUT2D eigenvalue weighted by molar-refractivity contribution is 0.0725. The van der Waals surface area contributed by atoms with Crippen LogP contribution < -0.4 is 5.73 Å². The normalized spacial score (nSPS) is 26.3. The maximum absolute atomic E-state index is 6.32. The van der Waals surface area contributed by atoms with Crippen molar-refractivity contribution in [3.63, 3.8) is 0 Å². The molecule has 0 aliphatic carbocycles. The Balaban J connectivity index is 2.14. The Morgan fingerprint density at radius 3 is 2.28 bits per heavy atom. The van der Waals surface area contributed by atoms with Crippen LogP contribution in [-0.2, 0) is 10.2 Å². The Kier molecular flexibility index (Phi) is 3.79. The van der Waals surface area contributed by atoms with Gasteiger partial charge < -0.3 is 10.5 Å². The van der Waals surface area contributed by atoms with E-state index in [9.17, 15) is 0 Å². The Morgan fingerprint density at radius 2 is 1.83 bits per heavy atom. The number of hydrogen-bond donors (Lipinski definition) is 1. The van der Waals surface area contributed by atoms with Crippen molar-refractivity contribution in [2.24, 2.45) is 11.7 Å². The predicted octanol–water partition coefficient (Wildman–Crippen LogP) is 3.41. The second-order valence-electron chi connectivity index (χ2n) is 6.50. The van der Waals surface area contributed by atoms with Crippen LogP contribution >= 0.6 is 0 Å². The monoisotopic (exact) mass is 247 g/mol. The van der Waals surface area contributed by atoms with Gasteiger partial charge in [-0.15, -0.1) is 0 Å². The lowest BCUT2D eigenvalue weighted by Crippen LogP contribution is -2.29. The van der Waals surface area contributed by atoms with Crippen LogP contribution in [0.1, 0.15) is 51.3 Å². The van der Waals surface area contributed by atoms with Crippen molar-refractivity contribution in [3.05, 3.63) is 35.4 Å². The molecule has 2 nitrogen and oxygen atoms in total. The zero-order valence-electron chi connectivity index (χ0n) is 11.9. The largest absolute Gasteiger partial charge is 0.376 e. The van der Waals surface area contributed by atoms with Crippen LogP contribution in [0.15, 0.2) is 24.3 Å². The second kappa shape index (κ2) is 5.02. The molecule has 1 aromatic rings. The molecular weight excluding hydrogens is 222 g/mol. The molecule has 3 unspecified atom stereocenters. The Bertz CT molecular complexity index is 391. The van der Waals surface area contributed by atoms with Gasteiger partial charge in [-0.2, -0.15) is 0 Å². The highest BCUT2D eigenvalue weighted by molar-refractivity contribution is 5.29. The van der Waals surface area contributed by atoms with Crippen LogP contribution in [-0.4, -0.2) is 12.7 Å². The molecular formula is C16H25NO. The Morgan fingerprint density at radius 1 is 1.22 bits per heavy atom. The molecule has 1 aromatic carbocycles. The molecule has 2 N–H and O–H groups in total. The van der Waals surface area contributed by atoms with Gasteiger partial charge in [0.15, 0.2) is 0 Å². The van der Waals surface area contributed by atoms with E-state index in [1.807, 2.05) is 0 Å². The van der Waals surface area contributed by atoms with Gasteiger partial charge >= 0.3 is 0 Å². The molecule has 1 heterocycles. The van der Waals surface area contributed by atoms with E-state index in [0.29, 0.717) is 5.92 Å². The third kappa shape index (κ3) is 2.76. The molecule has 2 rings (SSSR count). The number of benzene rings is 1. The van der Waals surface area contributed by atoms with Crippen LogP contribution in [0.5, 0.6) is 0 Å². The van der Waals surface area contributed by atoms with Crippen molar-refractivity contribution in [2.45, 2.75) is 51.7 Å². The summed E-state index contributed by atoms with van der Waals surface area (Å²) >= 11 is 0. The van der Waals surface area contributed by atoms with Gasteiger partial charge in [-0.25, -0.2) is 0 Å². The first-order chi connectivity index (χ1) is 8.39. The molecule has 0 saturated carbocycles. The fraction of sp³-hybridized carbons (Fsp3) is 0.625. The first-order valence-electron chi connectivity index (χ1n) is 6.87. The fourth-order valence-corrected chi connectivity index (χ4v) is 2.57. The minimum Gasteiger partial charge on any atom is -0.376 e. The molecule has 1 saturated heterocycles. The molecule has 1 aliphatic rings. The minimum atomic E-state index is -0.00322. The molecule has 3 atom stereocenters. The topological polar surface area (TPSA) is 35.2 Å². The van der Waals surface area contributed by atoms with Gasteiger partial charge in [0.2, 0.25) is 0 Å². The molecule has 0 radical (unpaired) electrons.